The zero-order valence-electron chi connectivity index (χ0n) is 3.79. The second-order valence-electron chi connectivity index (χ2n) is 1.14. The molecule has 0 heterocycles. The van der Waals surface area contributed by atoms with Crippen LogP contribution in [0.25, 0.3) is 0 Å². The van der Waals surface area contributed by atoms with Gasteiger partial charge in [0.25, 0.3) is 0 Å². The van der Waals surface area contributed by atoms with Gasteiger partial charge in [0.2, 0.25) is 0 Å². The summed E-state index contributed by atoms with van der Waals surface area (Å²) in [5.41, 5.74) is 0. The molecule has 0 atom stereocenters. The molecule has 5 heteroatoms. The molecule has 0 saturated carbocycles. The molecule has 0 aromatic rings. The Labute approximate surface area is 58.8 Å². The molecule has 0 spiro atoms. The quantitative estimate of drug-likeness (QED) is 0.570. The Balaban J connectivity index is 3.60. The van der Waals surface area contributed by atoms with Crippen molar-refractivity contribution in [2.45, 2.75) is 3.93 Å². The molecule has 0 aliphatic heterocycles. The fraction of sp³-hybridized carbons (Fsp3) is 1.00. The van der Waals surface area contributed by atoms with Crippen molar-refractivity contribution in [2.24, 2.45) is 0 Å². The van der Waals surface area contributed by atoms with Gasteiger partial charge in [-0.2, -0.15) is 0 Å². The minimum absolute atomic E-state index is 0.0455. The van der Waals surface area contributed by atoms with Gasteiger partial charge < -0.3 is 0 Å². The first-order chi connectivity index (χ1) is 3.06. The summed E-state index contributed by atoms with van der Waals surface area (Å²) in [6.45, 7) is 0. The first-order valence-electron chi connectivity index (χ1n) is 1.80. The van der Waals surface area contributed by atoms with Crippen LogP contribution in [0, 0.1) is 0 Å². The molecule has 0 aliphatic rings. The van der Waals surface area contributed by atoms with Gasteiger partial charge in [0.15, 0.2) is 0 Å². The van der Waals surface area contributed by atoms with Gasteiger partial charge in [-0.1, -0.05) is 0 Å². The van der Waals surface area contributed by atoms with Crippen LogP contribution >= 0.6 is 0 Å². The normalized spacial score (nSPS) is 11.9. The van der Waals surface area contributed by atoms with E-state index in [-0.39, 0.29) is 5.75 Å². The van der Waals surface area contributed by atoms with Crippen LogP contribution in [0.4, 0.5) is 0 Å². The summed E-state index contributed by atoms with van der Waals surface area (Å²) in [6, 6.07) is 0. The molecular formula is C2H5HgO3S. The SMILES string of the molecule is O=S(=O)(O)C[CH2][Hg]. The van der Waals surface area contributed by atoms with E-state index in [4.69, 9.17) is 4.55 Å². The first-order valence-corrected chi connectivity index (χ1v) is 7.30. The Bertz CT molecular complexity index is 126. The summed E-state index contributed by atoms with van der Waals surface area (Å²) >= 11 is 0.488. The van der Waals surface area contributed by atoms with Gasteiger partial charge in [-0.25, -0.2) is 0 Å². The molecular weight excluding hydrogens is 305 g/mol. The third-order valence-corrected chi connectivity index (χ3v) is 4.57. The van der Waals surface area contributed by atoms with E-state index in [9.17, 15) is 8.42 Å². The van der Waals surface area contributed by atoms with Crippen molar-refractivity contribution in [3.05, 3.63) is 0 Å². The molecule has 7 heavy (non-hydrogen) atoms. The van der Waals surface area contributed by atoms with Gasteiger partial charge >= 0.3 is 58.9 Å². The molecule has 0 bridgehead atoms. The van der Waals surface area contributed by atoms with Gasteiger partial charge in [0.05, 0.1) is 0 Å². The Morgan fingerprint density at radius 1 is 1.57 bits per heavy atom. The van der Waals surface area contributed by atoms with E-state index in [0.717, 1.165) is 0 Å². The number of hydrogen-bond acceptors (Lipinski definition) is 2. The van der Waals surface area contributed by atoms with Crippen LogP contribution in [0.5, 0.6) is 0 Å². The standard InChI is InChI=1S/C2H5O3S.Hg/c1-2-6(3,4)5;/h1-2H2,(H,3,4,5);. The summed E-state index contributed by atoms with van der Waals surface area (Å²) in [5, 5.41) is 0. The van der Waals surface area contributed by atoms with E-state index in [2.05, 4.69) is 0 Å². The predicted octanol–water partition coefficient (Wildman–Crippen LogP) is -0.161. The molecule has 0 aliphatic carbocycles. The van der Waals surface area contributed by atoms with E-state index in [1.807, 2.05) is 0 Å². The van der Waals surface area contributed by atoms with Crippen LogP contribution in [0.15, 0.2) is 0 Å². The van der Waals surface area contributed by atoms with Gasteiger partial charge in [-0.05, 0) is 0 Å². The van der Waals surface area contributed by atoms with Crippen LogP contribution in [-0.2, 0) is 36.2 Å². The van der Waals surface area contributed by atoms with Gasteiger partial charge in [-0.15, -0.1) is 0 Å². The third-order valence-electron chi connectivity index (χ3n) is 0.402. The number of rotatable bonds is 2. The summed E-state index contributed by atoms with van der Waals surface area (Å²) in [4.78, 5) is 0. The average molecular weight is 310 g/mol. The zero-order valence-corrected chi connectivity index (χ0v) is 10.1. The Hall–Kier alpha value is 0.845. The van der Waals surface area contributed by atoms with Gasteiger partial charge in [0, 0.05) is 0 Å². The Kier molecular flexibility index (Phi) is 3.35. The maximum atomic E-state index is 9.82. The Morgan fingerprint density at radius 2 is 2.00 bits per heavy atom. The molecule has 0 aromatic carbocycles. The molecule has 0 amide bonds. The van der Waals surface area contributed by atoms with E-state index in [0.29, 0.717) is 30.1 Å². The molecule has 0 aromatic heterocycles. The molecule has 0 saturated heterocycles. The summed E-state index contributed by atoms with van der Waals surface area (Å²) in [5.74, 6) is -0.0455. The van der Waals surface area contributed by atoms with Crippen LogP contribution in [0.2, 0.25) is 3.93 Å². The first kappa shape index (κ1) is 7.85. The maximum absolute atomic E-state index is 9.82. The number of hydrogen-bond donors (Lipinski definition) is 1. The van der Waals surface area contributed by atoms with E-state index in [1.165, 1.54) is 0 Å². The van der Waals surface area contributed by atoms with Crippen molar-refractivity contribution in [1.82, 2.24) is 0 Å². The molecule has 39 valence electrons. The second-order valence-corrected chi connectivity index (χ2v) is 5.46. The third kappa shape index (κ3) is 6.85. The minimum atomic E-state index is -3.63. The summed E-state index contributed by atoms with van der Waals surface area (Å²) in [7, 11) is -3.63. The van der Waals surface area contributed by atoms with Crippen LogP contribution in [0.1, 0.15) is 0 Å². The van der Waals surface area contributed by atoms with Crippen molar-refractivity contribution in [2.75, 3.05) is 5.75 Å². The fourth-order valence-corrected chi connectivity index (χ4v) is 4.80. The van der Waals surface area contributed by atoms with Crippen molar-refractivity contribution < 1.29 is 39.1 Å². The van der Waals surface area contributed by atoms with Crippen molar-refractivity contribution in [3.8, 4) is 0 Å². The van der Waals surface area contributed by atoms with E-state index in [1.54, 1.807) is 0 Å². The molecule has 0 radical (unpaired) electrons. The van der Waals surface area contributed by atoms with Crippen molar-refractivity contribution in [1.29, 1.82) is 0 Å². The molecule has 0 unspecified atom stereocenters. The van der Waals surface area contributed by atoms with Crippen LogP contribution < -0.4 is 0 Å². The van der Waals surface area contributed by atoms with Crippen LogP contribution in [-0.4, -0.2) is 18.7 Å². The van der Waals surface area contributed by atoms with Gasteiger partial charge in [0.1, 0.15) is 0 Å². The zero-order chi connectivity index (χ0) is 5.91. The van der Waals surface area contributed by atoms with E-state index < -0.39 is 10.1 Å². The average Bonchev–Trinajstić information content (AvgIpc) is 1.30. The van der Waals surface area contributed by atoms with Crippen LogP contribution in [0.3, 0.4) is 0 Å². The molecule has 0 fully saturated rings. The second kappa shape index (κ2) is 2.99. The molecule has 3 nitrogen and oxygen atoms in total. The monoisotopic (exact) mass is 311 g/mol. The summed E-state index contributed by atoms with van der Waals surface area (Å²) in [6.07, 6.45) is 0. The van der Waals surface area contributed by atoms with E-state index >= 15 is 0 Å². The summed E-state index contributed by atoms with van der Waals surface area (Å²) < 4.78 is 28.3. The van der Waals surface area contributed by atoms with Crippen molar-refractivity contribution in [3.63, 3.8) is 0 Å². The molecule has 0 rings (SSSR count). The van der Waals surface area contributed by atoms with Crippen molar-refractivity contribution >= 4 is 10.1 Å². The molecule has 1 N–H and O–H groups in total. The van der Waals surface area contributed by atoms with Gasteiger partial charge in [-0.3, -0.25) is 0 Å². The fourth-order valence-electron chi connectivity index (χ4n) is 0.182. The topological polar surface area (TPSA) is 54.4 Å². The Morgan fingerprint density at radius 3 is 2.00 bits per heavy atom. The predicted molar refractivity (Wildman–Crippen MR) is 21.2 cm³/mol.